The summed E-state index contributed by atoms with van der Waals surface area (Å²) >= 11 is 1.64. The van der Waals surface area contributed by atoms with Crippen LogP contribution in [-0.4, -0.2) is 33.4 Å². The molecule has 19 heavy (non-hydrogen) atoms. The number of aromatic amines is 1. The van der Waals surface area contributed by atoms with E-state index in [-0.39, 0.29) is 5.56 Å². The largest absolute Gasteiger partial charge is 0.494 e. The molecule has 0 radical (unpaired) electrons. The van der Waals surface area contributed by atoms with Gasteiger partial charge in [0.1, 0.15) is 5.75 Å². The van der Waals surface area contributed by atoms with E-state index in [1.54, 1.807) is 36.3 Å². The number of thioether (sulfide) groups is 1. The van der Waals surface area contributed by atoms with Crippen molar-refractivity contribution in [1.29, 1.82) is 0 Å². The van der Waals surface area contributed by atoms with Crippen LogP contribution in [0.2, 0.25) is 0 Å². The van der Waals surface area contributed by atoms with Crippen molar-refractivity contribution in [3.8, 4) is 5.75 Å². The van der Waals surface area contributed by atoms with Gasteiger partial charge in [-0.2, -0.15) is 0 Å². The van der Waals surface area contributed by atoms with Crippen molar-refractivity contribution in [2.75, 3.05) is 12.4 Å². The predicted octanol–water partition coefficient (Wildman–Crippen LogP) is 2.67. The number of nitrogens with one attached hydrogen (secondary N) is 1. The molecule has 0 unspecified atom stereocenters. The van der Waals surface area contributed by atoms with Crippen LogP contribution in [0.25, 0.3) is 0 Å². The highest BCUT2D eigenvalue weighted by atomic mass is 32.2. The standard InChI is InChI=1S/C13H14N2O3S/c16-12(17)10-2-4-11(5-3-10)18-8-1-9-19-13-14-6-7-15-13/h2-7H,1,8-9H2,(H,14,15)(H,16,17). The van der Waals surface area contributed by atoms with E-state index in [1.807, 2.05) is 0 Å². The van der Waals surface area contributed by atoms with Crippen LogP contribution in [-0.2, 0) is 0 Å². The highest BCUT2D eigenvalue weighted by Gasteiger charge is 2.02. The summed E-state index contributed by atoms with van der Waals surface area (Å²) in [5.41, 5.74) is 0.265. The fraction of sp³-hybridized carbons (Fsp3) is 0.231. The zero-order valence-corrected chi connectivity index (χ0v) is 11.0. The number of aromatic carboxylic acids is 1. The number of ether oxygens (including phenoxy) is 1. The number of carbonyl (C=O) groups is 1. The molecule has 0 bridgehead atoms. The lowest BCUT2D eigenvalue weighted by Crippen LogP contribution is -2.00. The third-order valence-electron chi connectivity index (χ3n) is 2.37. The van der Waals surface area contributed by atoms with Crippen molar-refractivity contribution in [3.63, 3.8) is 0 Å². The van der Waals surface area contributed by atoms with E-state index in [0.29, 0.717) is 12.4 Å². The molecule has 0 aliphatic rings. The summed E-state index contributed by atoms with van der Waals surface area (Å²) in [6.07, 6.45) is 4.41. The predicted molar refractivity (Wildman–Crippen MR) is 72.8 cm³/mol. The van der Waals surface area contributed by atoms with Crippen molar-refractivity contribution in [2.24, 2.45) is 0 Å². The van der Waals surface area contributed by atoms with Gasteiger partial charge in [-0.05, 0) is 30.7 Å². The quantitative estimate of drug-likeness (QED) is 0.601. The molecule has 0 aliphatic heterocycles. The molecule has 0 spiro atoms. The van der Waals surface area contributed by atoms with Crippen LogP contribution < -0.4 is 4.74 Å². The van der Waals surface area contributed by atoms with Crippen LogP contribution in [0.4, 0.5) is 0 Å². The average molecular weight is 278 g/mol. The Balaban J connectivity index is 1.66. The molecule has 100 valence electrons. The molecule has 6 heteroatoms. The minimum atomic E-state index is -0.929. The second-order valence-electron chi connectivity index (χ2n) is 3.77. The molecule has 1 aromatic heterocycles. The molecule has 2 aromatic rings. The fourth-order valence-corrected chi connectivity index (χ4v) is 2.18. The molecule has 2 N–H and O–H groups in total. The van der Waals surface area contributed by atoms with Crippen molar-refractivity contribution < 1.29 is 14.6 Å². The summed E-state index contributed by atoms with van der Waals surface area (Å²) in [6.45, 7) is 0.597. The van der Waals surface area contributed by atoms with Gasteiger partial charge in [0, 0.05) is 18.1 Å². The maximum absolute atomic E-state index is 10.7. The maximum Gasteiger partial charge on any atom is 0.335 e. The Hall–Kier alpha value is -1.95. The highest BCUT2D eigenvalue weighted by Crippen LogP contribution is 2.15. The molecule has 0 atom stereocenters. The van der Waals surface area contributed by atoms with Gasteiger partial charge in [0.2, 0.25) is 0 Å². The first-order valence-corrected chi connectivity index (χ1v) is 6.82. The molecule has 0 aliphatic carbocycles. The summed E-state index contributed by atoms with van der Waals surface area (Å²) in [7, 11) is 0. The van der Waals surface area contributed by atoms with E-state index in [4.69, 9.17) is 9.84 Å². The Bertz CT molecular complexity index is 511. The van der Waals surface area contributed by atoms with Crippen LogP contribution in [0.3, 0.4) is 0 Å². The van der Waals surface area contributed by atoms with Gasteiger partial charge in [-0.25, -0.2) is 9.78 Å². The zero-order chi connectivity index (χ0) is 13.5. The van der Waals surface area contributed by atoms with E-state index >= 15 is 0 Å². The number of carboxylic acids is 1. The van der Waals surface area contributed by atoms with Crippen LogP contribution in [0.5, 0.6) is 5.75 Å². The fourth-order valence-electron chi connectivity index (χ4n) is 1.44. The van der Waals surface area contributed by atoms with Gasteiger partial charge in [0.25, 0.3) is 0 Å². The monoisotopic (exact) mass is 278 g/mol. The molecular weight excluding hydrogens is 264 g/mol. The van der Waals surface area contributed by atoms with E-state index in [1.165, 1.54) is 12.1 Å². The maximum atomic E-state index is 10.7. The summed E-state index contributed by atoms with van der Waals surface area (Å²) in [5.74, 6) is 0.676. The SMILES string of the molecule is O=C(O)c1ccc(OCCCSc2ncc[nH]2)cc1. The Labute approximate surface area is 115 Å². The minimum absolute atomic E-state index is 0.265. The Kier molecular flexibility index (Phi) is 4.85. The summed E-state index contributed by atoms with van der Waals surface area (Å²) in [5, 5.41) is 9.67. The Morgan fingerprint density at radius 1 is 1.37 bits per heavy atom. The molecule has 2 rings (SSSR count). The Morgan fingerprint density at radius 3 is 2.79 bits per heavy atom. The first-order valence-electron chi connectivity index (χ1n) is 5.84. The number of benzene rings is 1. The smallest absolute Gasteiger partial charge is 0.335 e. The third-order valence-corrected chi connectivity index (χ3v) is 3.36. The highest BCUT2D eigenvalue weighted by molar-refractivity contribution is 7.99. The van der Waals surface area contributed by atoms with Gasteiger partial charge >= 0.3 is 5.97 Å². The summed E-state index contributed by atoms with van der Waals surface area (Å²) < 4.78 is 5.52. The molecule has 0 saturated carbocycles. The molecule has 0 saturated heterocycles. The number of aromatic nitrogens is 2. The van der Waals surface area contributed by atoms with E-state index in [2.05, 4.69) is 9.97 Å². The van der Waals surface area contributed by atoms with E-state index in [0.717, 1.165) is 17.3 Å². The normalized spacial score (nSPS) is 10.3. The molecule has 0 fully saturated rings. The number of rotatable bonds is 7. The third kappa shape index (κ3) is 4.33. The van der Waals surface area contributed by atoms with Gasteiger partial charge in [-0.3, -0.25) is 0 Å². The second-order valence-corrected chi connectivity index (χ2v) is 4.86. The van der Waals surface area contributed by atoms with Crippen molar-refractivity contribution in [2.45, 2.75) is 11.6 Å². The topological polar surface area (TPSA) is 75.2 Å². The number of hydrogen-bond donors (Lipinski definition) is 2. The Morgan fingerprint density at radius 2 is 2.16 bits per heavy atom. The number of nitrogens with zero attached hydrogens (tertiary/aromatic N) is 1. The van der Waals surface area contributed by atoms with Crippen molar-refractivity contribution in [3.05, 3.63) is 42.2 Å². The molecule has 5 nitrogen and oxygen atoms in total. The van der Waals surface area contributed by atoms with Crippen molar-refractivity contribution in [1.82, 2.24) is 9.97 Å². The van der Waals surface area contributed by atoms with Crippen molar-refractivity contribution >= 4 is 17.7 Å². The van der Waals surface area contributed by atoms with Crippen LogP contribution >= 0.6 is 11.8 Å². The summed E-state index contributed by atoms with van der Waals surface area (Å²) in [6, 6.07) is 6.41. The number of carboxylic acid groups (broad SMARTS) is 1. The van der Waals surface area contributed by atoms with Gasteiger partial charge in [-0.15, -0.1) is 0 Å². The van der Waals surface area contributed by atoms with Crippen LogP contribution in [0.1, 0.15) is 16.8 Å². The van der Waals surface area contributed by atoms with Gasteiger partial charge < -0.3 is 14.8 Å². The molecule has 0 amide bonds. The minimum Gasteiger partial charge on any atom is -0.494 e. The lowest BCUT2D eigenvalue weighted by atomic mass is 10.2. The second kappa shape index (κ2) is 6.84. The average Bonchev–Trinajstić information content (AvgIpc) is 2.92. The van der Waals surface area contributed by atoms with Crippen LogP contribution in [0, 0.1) is 0 Å². The number of imidazole rings is 1. The van der Waals surface area contributed by atoms with Gasteiger partial charge in [-0.1, -0.05) is 11.8 Å². The van der Waals surface area contributed by atoms with Crippen LogP contribution in [0.15, 0.2) is 41.8 Å². The molecule has 1 aromatic carbocycles. The van der Waals surface area contributed by atoms with E-state index < -0.39 is 5.97 Å². The first-order chi connectivity index (χ1) is 9.25. The summed E-state index contributed by atoms with van der Waals surface area (Å²) in [4.78, 5) is 17.8. The van der Waals surface area contributed by atoms with E-state index in [9.17, 15) is 4.79 Å². The first kappa shape index (κ1) is 13.5. The lowest BCUT2D eigenvalue weighted by molar-refractivity contribution is 0.0697. The number of H-pyrrole nitrogens is 1. The van der Waals surface area contributed by atoms with Gasteiger partial charge in [0.15, 0.2) is 5.16 Å². The molecular formula is C13H14N2O3S. The number of hydrogen-bond acceptors (Lipinski definition) is 4. The zero-order valence-electron chi connectivity index (χ0n) is 10.2. The van der Waals surface area contributed by atoms with Gasteiger partial charge in [0.05, 0.1) is 12.2 Å². The molecule has 1 heterocycles. The lowest BCUT2D eigenvalue weighted by Gasteiger charge is -2.05.